The number of hydrogen-bond acceptors (Lipinski definition) is 12. The lowest BCUT2D eigenvalue weighted by Gasteiger charge is -2.43. The van der Waals surface area contributed by atoms with Gasteiger partial charge in [0, 0.05) is 27.7 Å². The van der Waals surface area contributed by atoms with E-state index in [4.69, 9.17) is 28.4 Å². The Morgan fingerprint density at radius 3 is 1.79 bits per heavy atom. The molecule has 1 aromatic rings. The fraction of sp³-hybridized carbons (Fsp3) is 0.500. The minimum atomic E-state index is -1.37. The maximum absolute atomic E-state index is 11.8. The zero-order valence-electron chi connectivity index (χ0n) is 19.3. The Balaban J connectivity index is 2.42. The summed E-state index contributed by atoms with van der Waals surface area (Å²) < 4.78 is 37.2. The van der Waals surface area contributed by atoms with E-state index in [0.717, 1.165) is 20.8 Å². The molecule has 1 aliphatic rings. The summed E-state index contributed by atoms with van der Waals surface area (Å²) in [5, 5.41) is 0. The molecular formula is C22H26O12. The third kappa shape index (κ3) is 7.44. The Hall–Kier alpha value is -3.67. The molecule has 34 heavy (non-hydrogen) atoms. The van der Waals surface area contributed by atoms with Gasteiger partial charge in [0.05, 0.1) is 12.7 Å². The molecule has 0 amide bonds. The lowest BCUT2D eigenvalue weighted by atomic mass is 9.98. The minimum absolute atomic E-state index is 0.202. The van der Waals surface area contributed by atoms with Gasteiger partial charge < -0.3 is 33.2 Å². The molecule has 12 nitrogen and oxygen atoms in total. The summed E-state index contributed by atoms with van der Waals surface area (Å²) in [4.78, 5) is 58.4. The van der Waals surface area contributed by atoms with Crippen LogP contribution in [0.1, 0.15) is 38.1 Å². The molecule has 1 saturated heterocycles. The highest BCUT2D eigenvalue weighted by Crippen LogP contribution is 2.31. The Labute approximate surface area is 195 Å². The van der Waals surface area contributed by atoms with Crippen molar-refractivity contribution in [3.05, 3.63) is 29.8 Å². The number of rotatable bonds is 8. The zero-order chi connectivity index (χ0) is 25.4. The van der Waals surface area contributed by atoms with Crippen molar-refractivity contribution in [1.29, 1.82) is 0 Å². The molecule has 12 heteroatoms. The van der Waals surface area contributed by atoms with Crippen molar-refractivity contribution < 1.29 is 57.1 Å². The molecule has 0 N–H and O–H groups in total. The second-order valence-corrected chi connectivity index (χ2v) is 7.20. The normalized spacial score (nSPS) is 23.7. The first-order chi connectivity index (χ1) is 16.0. The topological polar surface area (TPSA) is 150 Å². The molecular weight excluding hydrogens is 456 g/mol. The fourth-order valence-corrected chi connectivity index (χ4v) is 3.21. The summed E-state index contributed by atoms with van der Waals surface area (Å²) in [6, 6.07) is 5.76. The van der Waals surface area contributed by atoms with Crippen molar-refractivity contribution in [3.63, 3.8) is 0 Å². The van der Waals surface area contributed by atoms with Crippen molar-refractivity contribution in [3.8, 4) is 5.75 Å². The number of carbonyl (C=O) groups excluding carboxylic acids is 5. The second kappa shape index (κ2) is 12.0. The van der Waals surface area contributed by atoms with Gasteiger partial charge in [-0.15, -0.1) is 0 Å². The van der Waals surface area contributed by atoms with Gasteiger partial charge in [0.25, 0.3) is 0 Å². The van der Waals surface area contributed by atoms with Gasteiger partial charge in [-0.25, -0.2) is 4.79 Å². The highest BCUT2D eigenvalue weighted by Gasteiger charge is 2.53. The van der Waals surface area contributed by atoms with Crippen LogP contribution < -0.4 is 4.74 Å². The molecule has 0 saturated carbocycles. The number of ether oxygens (including phenoxy) is 7. The highest BCUT2D eigenvalue weighted by atomic mass is 16.7. The van der Waals surface area contributed by atoms with Crippen molar-refractivity contribution >= 4 is 29.8 Å². The maximum atomic E-state index is 11.8. The first-order valence-electron chi connectivity index (χ1n) is 10.2. The summed E-state index contributed by atoms with van der Waals surface area (Å²) >= 11 is 0. The van der Waals surface area contributed by atoms with Crippen LogP contribution in [0.15, 0.2) is 24.3 Å². The standard InChI is InChI=1S/C22H26O12/c1-11(23)29-10-17-18(30-12(2)24)19(31-13(3)25)20(32-14(4)26)22(34-17)33-16-8-6-15(7-9-16)21(27)28-5/h6-9,17-20,22H,10H2,1-5H3/t17-,18-,19+,20-,22+/m1/s1. The molecule has 1 heterocycles. The number of carbonyl (C=O) groups is 5. The molecule has 186 valence electrons. The van der Waals surface area contributed by atoms with Crippen LogP contribution in [0.5, 0.6) is 5.75 Å². The van der Waals surface area contributed by atoms with E-state index in [-0.39, 0.29) is 17.9 Å². The zero-order valence-corrected chi connectivity index (χ0v) is 19.3. The monoisotopic (exact) mass is 482 g/mol. The van der Waals surface area contributed by atoms with Crippen LogP contribution in [0.2, 0.25) is 0 Å². The molecule has 1 aliphatic heterocycles. The molecule has 0 unspecified atom stereocenters. The quantitative estimate of drug-likeness (QED) is 0.383. The van der Waals surface area contributed by atoms with Crippen LogP contribution in [0, 0.1) is 0 Å². The lowest BCUT2D eigenvalue weighted by Crippen LogP contribution is -2.63. The van der Waals surface area contributed by atoms with E-state index < -0.39 is 60.6 Å². The van der Waals surface area contributed by atoms with Gasteiger partial charge in [0.1, 0.15) is 18.5 Å². The van der Waals surface area contributed by atoms with Crippen LogP contribution in [0.3, 0.4) is 0 Å². The lowest BCUT2D eigenvalue weighted by molar-refractivity contribution is -0.288. The van der Waals surface area contributed by atoms with Gasteiger partial charge in [-0.05, 0) is 24.3 Å². The molecule has 5 atom stereocenters. The fourth-order valence-electron chi connectivity index (χ4n) is 3.21. The summed E-state index contributed by atoms with van der Waals surface area (Å²) in [5.41, 5.74) is 0.261. The Kier molecular flexibility index (Phi) is 9.36. The average Bonchev–Trinajstić information content (AvgIpc) is 2.75. The molecule has 1 fully saturated rings. The van der Waals surface area contributed by atoms with Crippen LogP contribution in [0.25, 0.3) is 0 Å². The van der Waals surface area contributed by atoms with Gasteiger partial charge in [-0.2, -0.15) is 0 Å². The van der Waals surface area contributed by atoms with E-state index in [2.05, 4.69) is 4.74 Å². The van der Waals surface area contributed by atoms with Crippen molar-refractivity contribution in [2.24, 2.45) is 0 Å². The van der Waals surface area contributed by atoms with Crippen molar-refractivity contribution in [2.45, 2.75) is 58.4 Å². The van der Waals surface area contributed by atoms with Crippen LogP contribution in [0.4, 0.5) is 0 Å². The van der Waals surface area contributed by atoms with Crippen LogP contribution in [-0.2, 0) is 47.6 Å². The molecule has 1 aromatic carbocycles. The summed E-state index contributed by atoms with van der Waals surface area (Å²) in [5.74, 6) is -3.23. The molecule has 0 aliphatic carbocycles. The van der Waals surface area contributed by atoms with Gasteiger partial charge in [-0.1, -0.05) is 0 Å². The highest BCUT2D eigenvalue weighted by molar-refractivity contribution is 5.89. The predicted molar refractivity (Wildman–Crippen MR) is 110 cm³/mol. The van der Waals surface area contributed by atoms with Crippen LogP contribution in [-0.4, -0.2) is 74.3 Å². The maximum Gasteiger partial charge on any atom is 0.337 e. The molecule has 0 bridgehead atoms. The SMILES string of the molecule is COC(=O)c1ccc(O[C@H]2O[C@H](COC(C)=O)[C@@H](OC(C)=O)[C@H](OC(C)=O)[C@H]2OC(C)=O)cc1. The number of methoxy groups -OCH3 is 1. The van der Waals surface area contributed by atoms with Crippen molar-refractivity contribution in [1.82, 2.24) is 0 Å². The van der Waals surface area contributed by atoms with Gasteiger partial charge in [-0.3, -0.25) is 19.2 Å². The van der Waals surface area contributed by atoms with E-state index in [9.17, 15) is 24.0 Å². The van der Waals surface area contributed by atoms with Gasteiger partial charge in [0.15, 0.2) is 12.2 Å². The van der Waals surface area contributed by atoms with Gasteiger partial charge in [0.2, 0.25) is 12.4 Å². The third-order valence-electron chi connectivity index (χ3n) is 4.48. The first-order valence-corrected chi connectivity index (χ1v) is 10.2. The second-order valence-electron chi connectivity index (χ2n) is 7.20. The van der Waals surface area contributed by atoms with E-state index >= 15 is 0 Å². The largest absolute Gasteiger partial charge is 0.465 e. The smallest absolute Gasteiger partial charge is 0.337 e. The van der Waals surface area contributed by atoms with E-state index in [1.165, 1.54) is 38.3 Å². The van der Waals surface area contributed by atoms with E-state index in [0.29, 0.717) is 0 Å². The Morgan fingerprint density at radius 1 is 0.765 bits per heavy atom. The third-order valence-corrected chi connectivity index (χ3v) is 4.48. The summed E-state index contributed by atoms with van der Waals surface area (Å²) in [7, 11) is 1.24. The Morgan fingerprint density at radius 2 is 1.29 bits per heavy atom. The minimum Gasteiger partial charge on any atom is -0.465 e. The molecule has 2 rings (SSSR count). The summed E-state index contributed by atoms with van der Waals surface area (Å²) in [6.07, 6.45) is -6.50. The molecule has 0 radical (unpaired) electrons. The average molecular weight is 482 g/mol. The molecule has 0 spiro atoms. The first kappa shape index (κ1) is 26.6. The summed E-state index contributed by atoms with van der Waals surface area (Å²) in [6.45, 7) is 4.16. The van der Waals surface area contributed by atoms with E-state index in [1.54, 1.807) is 0 Å². The van der Waals surface area contributed by atoms with Crippen LogP contribution >= 0.6 is 0 Å². The van der Waals surface area contributed by atoms with Crippen molar-refractivity contribution in [2.75, 3.05) is 13.7 Å². The predicted octanol–water partition coefficient (Wildman–Crippen LogP) is 0.935. The molecule has 0 aromatic heterocycles. The number of hydrogen-bond donors (Lipinski definition) is 0. The number of benzene rings is 1. The van der Waals surface area contributed by atoms with Gasteiger partial charge >= 0.3 is 29.8 Å². The van der Waals surface area contributed by atoms with E-state index in [1.807, 2.05) is 0 Å². The number of esters is 5. The Bertz CT molecular complexity index is 909.